The van der Waals surface area contributed by atoms with Crippen molar-refractivity contribution in [2.75, 3.05) is 4.90 Å². The molecule has 2 unspecified atom stereocenters. The standard InChI is InChI=1S/C21H27NO4/c1-2-3-4-5-14-19(23)26-18-13-9-8-12-17(18)22-20(24)15-10-6-7-11-16(15)21(22)25/h8-9,12-13,15-16H,2-7,10-11,14H2,1H3. The van der Waals surface area contributed by atoms with Gasteiger partial charge in [0.2, 0.25) is 11.8 Å². The van der Waals surface area contributed by atoms with Crippen molar-refractivity contribution in [3.8, 4) is 5.75 Å². The van der Waals surface area contributed by atoms with Crippen molar-refractivity contribution in [2.24, 2.45) is 11.8 Å². The maximum absolute atomic E-state index is 12.8. The van der Waals surface area contributed by atoms with Gasteiger partial charge in [0.05, 0.1) is 17.5 Å². The number of esters is 1. The van der Waals surface area contributed by atoms with Gasteiger partial charge in [0.25, 0.3) is 0 Å². The number of fused-ring (bicyclic) bond motifs is 1. The van der Waals surface area contributed by atoms with E-state index in [1.54, 1.807) is 24.3 Å². The predicted octanol–water partition coefficient (Wildman–Crippen LogP) is 4.24. The lowest BCUT2D eigenvalue weighted by Crippen LogP contribution is -2.31. The second-order valence-corrected chi connectivity index (χ2v) is 7.26. The molecule has 0 bridgehead atoms. The van der Waals surface area contributed by atoms with Crippen molar-refractivity contribution in [3.05, 3.63) is 24.3 Å². The lowest BCUT2D eigenvalue weighted by Gasteiger charge is -2.19. The number of para-hydroxylation sites is 2. The molecule has 1 aromatic rings. The first-order valence-electron chi connectivity index (χ1n) is 9.81. The zero-order chi connectivity index (χ0) is 18.5. The molecule has 2 aliphatic rings. The number of nitrogens with zero attached hydrogens (tertiary/aromatic N) is 1. The van der Waals surface area contributed by atoms with Crippen molar-refractivity contribution >= 4 is 23.5 Å². The van der Waals surface area contributed by atoms with Crippen molar-refractivity contribution in [2.45, 2.75) is 64.7 Å². The van der Waals surface area contributed by atoms with E-state index >= 15 is 0 Å². The third-order valence-electron chi connectivity index (χ3n) is 5.41. The Bertz CT molecular complexity index is 660. The van der Waals surface area contributed by atoms with E-state index in [1.165, 1.54) is 4.90 Å². The van der Waals surface area contributed by atoms with E-state index in [0.717, 1.165) is 51.4 Å². The molecular formula is C21H27NO4. The second-order valence-electron chi connectivity index (χ2n) is 7.26. The molecule has 1 aliphatic heterocycles. The van der Waals surface area contributed by atoms with E-state index in [0.29, 0.717) is 17.9 Å². The Morgan fingerprint density at radius 3 is 2.35 bits per heavy atom. The van der Waals surface area contributed by atoms with Gasteiger partial charge in [-0.15, -0.1) is 0 Å². The van der Waals surface area contributed by atoms with Crippen molar-refractivity contribution in [1.29, 1.82) is 0 Å². The zero-order valence-electron chi connectivity index (χ0n) is 15.4. The number of imide groups is 1. The van der Waals surface area contributed by atoms with Gasteiger partial charge in [0.1, 0.15) is 0 Å². The molecule has 26 heavy (non-hydrogen) atoms. The summed E-state index contributed by atoms with van der Waals surface area (Å²) in [5, 5.41) is 0. The first-order chi connectivity index (χ1) is 12.6. The van der Waals surface area contributed by atoms with Gasteiger partial charge in [-0.25, -0.2) is 4.90 Å². The van der Waals surface area contributed by atoms with Crippen molar-refractivity contribution in [3.63, 3.8) is 0 Å². The molecule has 5 heteroatoms. The molecule has 2 atom stereocenters. The molecule has 0 radical (unpaired) electrons. The monoisotopic (exact) mass is 357 g/mol. The lowest BCUT2D eigenvalue weighted by atomic mass is 9.81. The first kappa shape index (κ1) is 18.6. The van der Waals surface area contributed by atoms with Crippen molar-refractivity contribution in [1.82, 2.24) is 0 Å². The molecule has 2 fully saturated rings. The fourth-order valence-electron chi connectivity index (χ4n) is 4.00. The SMILES string of the molecule is CCCCCCC(=O)Oc1ccccc1N1C(=O)C2CCCCC2C1=O. The van der Waals surface area contributed by atoms with Crippen molar-refractivity contribution < 1.29 is 19.1 Å². The minimum atomic E-state index is -0.315. The van der Waals surface area contributed by atoms with Crippen LogP contribution in [0.5, 0.6) is 5.75 Å². The highest BCUT2D eigenvalue weighted by atomic mass is 16.5. The third kappa shape index (κ3) is 3.81. The van der Waals surface area contributed by atoms with E-state index in [1.807, 2.05) is 0 Å². The number of ether oxygens (including phenoxy) is 1. The summed E-state index contributed by atoms with van der Waals surface area (Å²) < 4.78 is 5.50. The van der Waals surface area contributed by atoms with Crippen LogP contribution in [0.4, 0.5) is 5.69 Å². The van der Waals surface area contributed by atoms with Crippen LogP contribution in [0.1, 0.15) is 64.7 Å². The first-order valence-corrected chi connectivity index (χ1v) is 9.81. The molecule has 1 heterocycles. The number of hydrogen-bond acceptors (Lipinski definition) is 4. The number of carbonyl (C=O) groups is 3. The van der Waals surface area contributed by atoms with Crippen LogP contribution >= 0.6 is 0 Å². The van der Waals surface area contributed by atoms with Crippen LogP contribution < -0.4 is 9.64 Å². The van der Waals surface area contributed by atoms with Gasteiger partial charge < -0.3 is 4.74 Å². The predicted molar refractivity (Wildman–Crippen MR) is 98.8 cm³/mol. The van der Waals surface area contributed by atoms with E-state index in [4.69, 9.17) is 4.74 Å². The maximum Gasteiger partial charge on any atom is 0.311 e. The normalized spacial score (nSPS) is 22.4. The van der Waals surface area contributed by atoms with Gasteiger partial charge in [-0.05, 0) is 31.4 Å². The molecule has 1 aliphatic carbocycles. The second kappa shape index (κ2) is 8.47. The molecule has 1 aromatic carbocycles. The van der Waals surface area contributed by atoms with Crippen LogP contribution in [0, 0.1) is 11.8 Å². The van der Waals surface area contributed by atoms with Crippen LogP contribution in [-0.4, -0.2) is 17.8 Å². The molecule has 2 amide bonds. The molecule has 0 spiro atoms. The molecule has 1 saturated carbocycles. The summed E-state index contributed by atoms with van der Waals surface area (Å²) in [5.41, 5.74) is 0.402. The zero-order valence-corrected chi connectivity index (χ0v) is 15.4. The summed E-state index contributed by atoms with van der Waals surface area (Å²) in [6, 6.07) is 6.85. The van der Waals surface area contributed by atoms with Gasteiger partial charge in [-0.3, -0.25) is 14.4 Å². The largest absolute Gasteiger partial charge is 0.424 e. The summed E-state index contributed by atoms with van der Waals surface area (Å²) >= 11 is 0. The average Bonchev–Trinajstić information content (AvgIpc) is 2.91. The number of hydrogen-bond donors (Lipinski definition) is 0. The molecule has 140 valence electrons. The van der Waals surface area contributed by atoms with Gasteiger partial charge in [-0.2, -0.15) is 0 Å². The number of rotatable bonds is 7. The highest BCUT2D eigenvalue weighted by molar-refractivity contribution is 6.22. The van der Waals surface area contributed by atoms with Crippen LogP contribution in [0.2, 0.25) is 0 Å². The number of carbonyl (C=O) groups excluding carboxylic acids is 3. The Kier molecular flexibility index (Phi) is 6.07. The van der Waals surface area contributed by atoms with Gasteiger partial charge in [-0.1, -0.05) is 51.2 Å². The molecule has 3 rings (SSSR count). The lowest BCUT2D eigenvalue weighted by molar-refractivity contribution is -0.134. The van der Waals surface area contributed by atoms with Crippen LogP contribution in [0.15, 0.2) is 24.3 Å². The molecule has 1 saturated heterocycles. The Morgan fingerprint density at radius 2 is 1.69 bits per heavy atom. The van der Waals surface area contributed by atoms with E-state index in [2.05, 4.69) is 6.92 Å². The fourth-order valence-corrected chi connectivity index (χ4v) is 4.00. The van der Waals surface area contributed by atoms with E-state index in [-0.39, 0.29) is 29.6 Å². The smallest absolute Gasteiger partial charge is 0.311 e. The van der Waals surface area contributed by atoms with Crippen LogP contribution in [0.25, 0.3) is 0 Å². The Hall–Kier alpha value is -2.17. The fraction of sp³-hybridized carbons (Fsp3) is 0.571. The molecular weight excluding hydrogens is 330 g/mol. The van der Waals surface area contributed by atoms with E-state index in [9.17, 15) is 14.4 Å². The molecule has 0 N–H and O–H groups in total. The van der Waals surface area contributed by atoms with Gasteiger partial charge >= 0.3 is 5.97 Å². The Balaban J connectivity index is 1.74. The highest BCUT2D eigenvalue weighted by Gasteiger charge is 2.49. The van der Waals surface area contributed by atoms with Crippen LogP contribution in [0.3, 0.4) is 0 Å². The summed E-state index contributed by atoms with van der Waals surface area (Å²) in [7, 11) is 0. The van der Waals surface area contributed by atoms with Crippen LogP contribution in [-0.2, 0) is 14.4 Å². The Morgan fingerprint density at radius 1 is 1.04 bits per heavy atom. The van der Waals surface area contributed by atoms with Gasteiger partial charge in [0.15, 0.2) is 5.75 Å². The number of amides is 2. The summed E-state index contributed by atoms with van der Waals surface area (Å²) in [4.78, 5) is 39.0. The summed E-state index contributed by atoms with van der Waals surface area (Å²) in [6.07, 6.45) is 7.87. The minimum Gasteiger partial charge on any atom is -0.424 e. The maximum atomic E-state index is 12.8. The average molecular weight is 357 g/mol. The number of benzene rings is 1. The quantitative estimate of drug-likeness (QED) is 0.317. The highest BCUT2D eigenvalue weighted by Crippen LogP contribution is 2.42. The minimum absolute atomic E-state index is 0.147. The van der Waals surface area contributed by atoms with Gasteiger partial charge in [0, 0.05) is 6.42 Å². The molecule has 0 aromatic heterocycles. The number of anilines is 1. The summed E-state index contributed by atoms with van der Waals surface area (Å²) in [6.45, 7) is 2.12. The van der Waals surface area contributed by atoms with E-state index < -0.39 is 0 Å². The topological polar surface area (TPSA) is 63.7 Å². The number of unbranched alkanes of at least 4 members (excludes halogenated alkanes) is 3. The molecule has 5 nitrogen and oxygen atoms in total. The Labute approximate surface area is 154 Å². The summed E-state index contributed by atoms with van der Waals surface area (Å²) in [5.74, 6) is -0.737. The third-order valence-corrected chi connectivity index (χ3v) is 5.41.